The molecule has 0 radical (unpaired) electrons. The highest BCUT2D eigenvalue weighted by Crippen LogP contribution is 2.28. The molecule has 2 atom stereocenters. The van der Waals surface area contributed by atoms with Crippen LogP contribution >= 0.6 is 0 Å². The number of nitrogens with zero attached hydrogens (tertiary/aromatic N) is 1. The Bertz CT molecular complexity index is 306. The fourth-order valence-corrected chi connectivity index (χ4v) is 3.20. The molecular formula is C15H28N2O2. The normalized spacial score (nSPS) is 29.1. The van der Waals surface area contributed by atoms with E-state index in [-0.39, 0.29) is 6.09 Å². The minimum Gasteiger partial charge on any atom is -0.444 e. The molecule has 2 fully saturated rings. The molecule has 2 aliphatic rings. The summed E-state index contributed by atoms with van der Waals surface area (Å²) in [4.78, 5) is 14.3. The van der Waals surface area contributed by atoms with Gasteiger partial charge in [0.2, 0.25) is 0 Å². The predicted octanol–water partition coefficient (Wildman–Crippen LogP) is 2.78. The van der Waals surface area contributed by atoms with Crippen molar-refractivity contribution in [2.45, 2.75) is 64.5 Å². The van der Waals surface area contributed by atoms with Crippen LogP contribution in [0.3, 0.4) is 0 Å². The van der Waals surface area contributed by atoms with Crippen LogP contribution in [-0.2, 0) is 4.74 Å². The zero-order chi connectivity index (χ0) is 13.9. The fourth-order valence-electron chi connectivity index (χ4n) is 3.20. The van der Waals surface area contributed by atoms with Crippen molar-refractivity contribution in [3.63, 3.8) is 0 Å². The van der Waals surface area contributed by atoms with Crippen LogP contribution in [0.1, 0.15) is 52.9 Å². The number of likely N-dealkylation sites (tertiary alicyclic amines) is 1. The van der Waals surface area contributed by atoms with Crippen LogP contribution < -0.4 is 5.32 Å². The number of nitrogens with one attached hydrogen (secondary N) is 1. The summed E-state index contributed by atoms with van der Waals surface area (Å²) in [5.41, 5.74) is -0.399. The van der Waals surface area contributed by atoms with E-state index in [1.54, 1.807) is 0 Å². The molecular weight excluding hydrogens is 240 g/mol. The summed E-state index contributed by atoms with van der Waals surface area (Å²) < 4.78 is 5.56. The Morgan fingerprint density at radius 3 is 2.63 bits per heavy atom. The smallest absolute Gasteiger partial charge is 0.410 e. The second-order valence-corrected chi connectivity index (χ2v) is 6.84. The predicted molar refractivity (Wildman–Crippen MR) is 76.2 cm³/mol. The van der Waals surface area contributed by atoms with Crippen molar-refractivity contribution in [3.05, 3.63) is 0 Å². The largest absolute Gasteiger partial charge is 0.444 e. The summed E-state index contributed by atoms with van der Waals surface area (Å²) in [6.07, 6.45) is 5.81. The van der Waals surface area contributed by atoms with Crippen LogP contribution in [0.2, 0.25) is 0 Å². The third-order valence-electron chi connectivity index (χ3n) is 4.06. The molecule has 2 rings (SSSR count). The Kier molecular flexibility index (Phi) is 4.71. The number of hydrogen-bond donors (Lipinski definition) is 1. The number of carbonyl (C=O) groups is 1. The zero-order valence-electron chi connectivity index (χ0n) is 12.6. The lowest BCUT2D eigenvalue weighted by atomic mass is 9.85. The van der Waals surface area contributed by atoms with Crippen molar-refractivity contribution in [1.82, 2.24) is 10.2 Å². The van der Waals surface area contributed by atoms with E-state index in [2.05, 4.69) is 5.32 Å². The molecule has 2 heterocycles. The van der Waals surface area contributed by atoms with Crippen LogP contribution in [0, 0.1) is 5.92 Å². The van der Waals surface area contributed by atoms with Gasteiger partial charge in [-0.2, -0.15) is 0 Å². The quantitative estimate of drug-likeness (QED) is 0.795. The highest BCUT2D eigenvalue weighted by Gasteiger charge is 2.35. The van der Waals surface area contributed by atoms with Gasteiger partial charge in [-0.3, -0.25) is 0 Å². The first-order valence-electron chi connectivity index (χ1n) is 7.68. The summed E-state index contributed by atoms with van der Waals surface area (Å²) in [5, 5.41) is 3.46. The molecule has 110 valence electrons. The lowest BCUT2D eigenvalue weighted by molar-refractivity contribution is -0.000418. The van der Waals surface area contributed by atoms with Crippen molar-refractivity contribution in [3.8, 4) is 0 Å². The maximum atomic E-state index is 12.4. The monoisotopic (exact) mass is 268 g/mol. The highest BCUT2D eigenvalue weighted by atomic mass is 16.6. The van der Waals surface area contributed by atoms with Crippen LogP contribution in [0.4, 0.5) is 4.79 Å². The number of rotatable bonds is 1. The van der Waals surface area contributed by atoms with Crippen LogP contribution in [0.15, 0.2) is 0 Å². The van der Waals surface area contributed by atoms with Gasteiger partial charge in [-0.15, -0.1) is 0 Å². The van der Waals surface area contributed by atoms with E-state index in [9.17, 15) is 4.79 Å². The second kappa shape index (κ2) is 6.12. The van der Waals surface area contributed by atoms with Crippen LogP contribution in [0.5, 0.6) is 0 Å². The molecule has 1 amide bonds. The minimum absolute atomic E-state index is 0.122. The Labute approximate surface area is 116 Å². The summed E-state index contributed by atoms with van der Waals surface area (Å²) in [6, 6.07) is 0.372. The maximum Gasteiger partial charge on any atom is 0.410 e. The van der Waals surface area contributed by atoms with E-state index in [0.717, 1.165) is 32.5 Å². The molecule has 0 aliphatic carbocycles. The van der Waals surface area contributed by atoms with E-state index in [1.165, 1.54) is 19.3 Å². The molecule has 0 saturated carbocycles. The first-order chi connectivity index (χ1) is 8.97. The lowest BCUT2D eigenvalue weighted by Gasteiger charge is -2.42. The molecule has 0 spiro atoms. The van der Waals surface area contributed by atoms with Crippen LogP contribution in [0.25, 0.3) is 0 Å². The molecule has 0 bridgehead atoms. The first kappa shape index (κ1) is 14.6. The number of hydrogen-bond acceptors (Lipinski definition) is 3. The zero-order valence-corrected chi connectivity index (χ0v) is 12.6. The lowest BCUT2D eigenvalue weighted by Crippen LogP contribution is -2.52. The van der Waals surface area contributed by atoms with E-state index >= 15 is 0 Å². The first-order valence-corrected chi connectivity index (χ1v) is 7.68. The fraction of sp³-hybridized carbons (Fsp3) is 0.933. The maximum absolute atomic E-state index is 12.4. The van der Waals surface area contributed by atoms with Gasteiger partial charge in [-0.25, -0.2) is 4.79 Å². The third-order valence-corrected chi connectivity index (χ3v) is 4.06. The number of piperidine rings is 2. The molecule has 4 nitrogen and oxygen atoms in total. The molecule has 0 aromatic heterocycles. The molecule has 19 heavy (non-hydrogen) atoms. The topological polar surface area (TPSA) is 41.6 Å². The number of ether oxygens (including phenoxy) is 1. The van der Waals surface area contributed by atoms with Crippen molar-refractivity contribution >= 4 is 6.09 Å². The van der Waals surface area contributed by atoms with Crippen molar-refractivity contribution < 1.29 is 9.53 Å². The van der Waals surface area contributed by atoms with Crippen molar-refractivity contribution in [2.75, 3.05) is 19.6 Å². The van der Waals surface area contributed by atoms with Gasteiger partial charge < -0.3 is 15.0 Å². The van der Waals surface area contributed by atoms with Crippen molar-refractivity contribution in [2.24, 2.45) is 5.92 Å². The standard InChI is InChI=1S/C15H28N2O2/c1-15(2,3)19-14(18)17-10-5-4-8-13(17)12-7-6-9-16-11-12/h12-13,16H,4-11H2,1-3H3/t12-,13-/m1/s1. The Morgan fingerprint density at radius 2 is 2.00 bits per heavy atom. The molecule has 0 aromatic carbocycles. The second-order valence-electron chi connectivity index (χ2n) is 6.84. The highest BCUT2D eigenvalue weighted by molar-refractivity contribution is 5.68. The third kappa shape index (κ3) is 4.10. The van der Waals surface area contributed by atoms with Gasteiger partial charge in [0.25, 0.3) is 0 Å². The van der Waals surface area contributed by atoms with E-state index < -0.39 is 5.60 Å². The van der Waals surface area contributed by atoms with E-state index in [4.69, 9.17) is 4.74 Å². The molecule has 0 unspecified atom stereocenters. The minimum atomic E-state index is -0.399. The van der Waals surface area contributed by atoms with Gasteiger partial charge in [0.1, 0.15) is 5.60 Å². The van der Waals surface area contributed by atoms with Crippen LogP contribution in [-0.4, -0.2) is 42.3 Å². The Hall–Kier alpha value is -0.770. The summed E-state index contributed by atoms with van der Waals surface area (Å²) in [5.74, 6) is 0.599. The van der Waals surface area contributed by atoms with Gasteiger partial charge in [-0.05, 0) is 71.9 Å². The molecule has 4 heteroatoms. The molecule has 2 aliphatic heterocycles. The average Bonchev–Trinajstić information content (AvgIpc) is 2.38. The summed E-state index contributed by atoms with van der Waals surface area (Å²) in [7, 11) is 0. The van der Waals surface area contributed by atoms with Gasteiger partial charge in [-0.1, -0.05) is 0 Å². The average molecular weight is 268 g/mol. The van der Waals surface area contributed by atoms with E-state index in [1.807, 2.05) is 25.7 Å². The summed E-state index contributed by atoms with van der Waals surface area (Å²) >= 11 is 0. The van der Waals surface area contributed by atoms with Gasteiger partial charge in [0.05, 0.1) is 0 Å². The molecule has 2 saturated heterocycles. The van der Waals surface area contributed by atoms with Gasteiger partial charge in [0.15, 0.2) is 0 Å². The van der Waals surface area contributed by atoms with Gasteiger partial charge >= 0.3 is 6.09 Å². The number of carbonyl (C=O) groups excluding carboxylic acids is 1. The Balaban J connectivity index is 2.00. The molecule has 0 aromatic rings. The summed E-state index contributed by atoms with van der Waals surface area (Å²) in [6.45, 7) is 8.83. The van der Waals surface area contributed by atoms with E-state index in [0.29, 0.717) is 12.0 Å². The molecule has 1 N–H and O–H groups in total. The SMILES string of the molecule is CC(C)(C)OC(=O)N1CCCC[C@@H]1[C@@H]1CCCNC1. The number of amides is 1. The van der Waals surface area contributed by atoms with Gasteiger partial charge in [0, 0.05) is 12.6 Å². The van der Waals surface area contributed by atoms with Crippen molar-refractivity contribution in [1.29, 1.82) is 0 Å². The Morgan fingerprint density at radius 1 is 1.21 bits per heavy atom.